The lowest BCUT2D eigenvalue weighted by atomic mass is 9.98. The van der Waals surface area contributed by atoms with E-state index < -0.39 is 18.1 Å². The van der Waals surface area contributed by atoms with E-state index in [2.05, 4.69) is 24.3 Å². The normalized spacial score (nSPS) is 25.3. The Morgan fingerprint density at radius 3 is 2.29 bits per heavy atom. The third-order valence-electron chi connectivity index (χ3n) is 6.67. The highest BCUT2D eigenvalue weighted by molar-refractivity contribution is 5.82. The van der Waals surface area contributed by atoms with Crippen molar-refractivity contribution in [2.45, 2.75) is 43.7 Å². The van der Waals surface area contributed by atoms with E-state index in [0.29, 0.717) is 12.3 Å². The van der Waals surface area contributed by atoms with Crippen LogP contribution in [0.2, 0.25) is 0 Å². The number of hydrogen-bond acceptors (Lipinski definition) is 3. The maximum absolute atomic E-state index is 12.9. The van der Waals surface area contributed by atoms with Gasteiger partial charge in [-0.15, -0.1) is 0 Å². The highest BCUT2D eigenvalue weighted by Crippen LogP contribution is 2.45. The standard InChI is InChI=1S/C23H23NO4/c25-22(26)21-12-14-6-5-11-20(14)24(21)23(27)28-13-19-17-9-3-1-7-15(17)16-8-2-4-10-18(16)19/h1-4,7-10,14,19-21H,5-6,11-13H2,(H,25,26). The molecule has 3 unspecified atom stereocenters. The van der Waals surface area contributed by atoms with Gasteiger partial charge in [0.1, 0.15) is 12.6 Å². The van der Waals surface area contributed by atoms with Gasteiger partial charge in [0, 0.05) is 12.0 Å². The van der Waals surface area contributed by atoms with Gasteiger partial charge in [0.2, 0.25) is 0 Å². The highest BCUT2D eigenvalue weighted by Gasteiger charge is 2.49. The molecule has 0 spiro atoms. The molecule has 5 nitrogen and oxygen atoms in total. The Labute approximate surface area is 163 Å². The number of amides is 1. The number of carbonyl (C=O) groups excluding carboxylic acids is 1. The molecule has 5 heteroatoms. The SMILES string of the molecule is O=C(O)C1CC2CCCC2N1C(=O)OCC1c2ccccc2-c2ccccc21. The van der Waals surface area contributed by atoms with Crippen molar-refractivity contribution in [3.05, 3.63) is 59.7 Å². The van der Waals surface area contributed by atoms with Crippen molar-refractivity contribution in [3.8, 4) is 11.1 Å². The van der Waals surface area contributed by atoms with E-state index in [-0.39, 0.29) is 18.6 Å². The van der Waals surface area contributed by atoms with Crippen LogP contribution in [0.25, 0.3) is 11.1 Å². The minimum Gasteiger partial charge on any atom is -0.480 e. The maximum atomic E-state index is 12.9. The Morgan fingerprint density at radius 1 is 1.00 bits per heavy atom. The number of nitrogens with zero attached hydrogens (tertiary/aromatic N) is 1. The van der Waals surface area contributed by atoms with Crippen LogP contribution in [0, 0.1) is 5.92 Å². The van der Waals surface area contributed by atoms with Crippen LogP contribution in [0.4, 0.5) is 4.79 Å². The number of carboxylic acid groups (broad SMARTS) is 1. The molecule has 0 aromatic heterocycles. The molecule has 1 heterocycles. The third kappa shape index (κ3) is 2.60. The van der Waals surface area contributed by atoms with Gasteiger partial charge in [0.05, 0.1) is 0 Å². The van der Waals surface area contributed by atoms with Crippen molar-refractivity contribution in [2.24, 2.45) is 5.92 Å². The second-order valence-electron chi connectivity index (χ2n) is 8.06. The van der Waals surface area contributed by atoms with Crippen LogP contribution in [0.3, 0.4) is 0 Å². The van der Waals surface area contributed by atoms with E-state index in [1.54, 1.807) is 0 Å². The average molecular weight is 377 g/mol. The highest BCUT2D eigenvalue weighted by atomic mass is 16.6. The number of fused-ring (bicyclic) bond motifs is 4. The minimum absolute atomic E-state index is 0.0109. The number of carbonyl (C=O) groups is 2. The topological polar surface area (TPSA) is 66.8 Å². The lowest BCUT2D eigenvalue weighted by Crippen LogP contribution is -2.45. The Bertz CT molecular complexity index is 894. The first kappa shape index (κ1) is 17.3. The summed E-state index contributed by atoms with van der Waals surface area (Å²) >= 11 is 0. The van der Waals surface area contributed by atoms with Gasteiger partial charge in [0.25, 0.3) is 0 Å². The summed E-state index contributed by atoms with van der Waals surface area (Å²) in [6.07, 6.45) is 2.99. The molecule has 1 aliphatic heterocycles. The molecule has 2 aliphatic carbocycles. The number of carboxylic acids is 1. The van der Waals surface area contributed by atoms with Crippen molar-refractivity contribution >= 4 is 12.1 Å². The van der Waals surface area contributed by atoms with Crippen LogP contribution >= 0.6 is 0 Å². The summed E-state index contributed by atoms with van der Waals surface area (Å²) in [5, 5.41) is 9.58. The fourth-order valence-electron chi connectivity index (χ4n) is 5.44. The van der Waals surface area contributed by atoms with Gasteiger partial charge in [-0.2, -0.15) is 0 Å². The summed E-state index contributed by atoms with van der Waals surface area (Å²) in [6, 6.07) is 15.7. The minimum atomic E-state index is -0.928. The molecule has 1 saturated carbocycles. The number of ether oxygens (including phenoxy) is 1. The van der Waals surface area contributed by atoms with Crippen LogP contribution in [-0.2, 0) is 9.53 Å². The molecule has 0 radical (unpaired) electrons. The molecule has 3 atom stereocenters. The number of likely N-dealkylation sites (tertiary alicyclic amines) is 1. The zero-order chi connectivity index (χ0) is 19.3. The zero-order valence-corrected chi connectivity index (χ0v) is 15.6. The summed E-state index contributed by atoms with van der Waals surface area (Å²) in [7, 11) is 0. The molecule has 2 aromatic rings. The van der Waals surface area contributed by atoms with Gasteiger partial charge in [-0.1, -0.05) is 55.0 Å². The van der Waals surface area contributed by atoms with Crippen LogP contribution in [-0.4, -0.2) is 40.8 Å². The fourth-order valence-corrected chi connectivity index (χ4v) is 5.44. The quantitative estimate of drug-likeness (QED) is 0.868. The maximum Gasteiger partial charge on any atom is 0.410 e. The molecule has 1 saturated heterocycles. The third-order valence-corrected chi connectivity index (χ3v) is 6.67. The van der Waals surface area contributed by atoms with Crippen molar-refractivity contribution < 1.29 is 19.4 Å². The Balaban J connectivity index is 1.37. The largest absolute Gasteiger partial charge is 0.480 e. The van der Waals surface area contributed by atoms with E-state index in [1.807, 2.05) is 24.3 Å². The first-order chi connectivity index (χ1) is 13.6. The summed E-state index contributed by atoms with van der Waals surface area (Å²) in [4.78, 5) is 26.1. The van der Waals surface area contributed by atoms with E-state index in [4.69, 9.17) is 4.74 Å². The predicted octanol–water partition coefficient (Wildman–Crippen LogP) is 4.26. The molecule has 28 heavy (non-hydrogen) atoms. The Kier molecular flexibility index (Phi) is 4.11. The summed E-state index contributed by atoms with van der Waals surface area (Å²) in [6.45, 7) is 0.229. The summed E-state index contributed by atoms with van der Waals surface area (Å²) < 4.78 is 5.74. The van der Waals surface area contributed by atoms with Crippen molar-refractivity contribution in [2.75, 3.05) is 6.61 Å². The van der Waals surface area contributed by atoms with Gasteiger partial charge < -0.3 is 9.84 Å². The predicted molar refractivity (Wildman–Crippen MR) is 104 cm³/mol. The summed E-state index contributed by atoms with van der Waals surface area (Å²) in [5.74, 6) is -0.647. The van der Waals surface area contributed by atoms with E-state index in [1.165, 1.54) is 16.0 Å². The number of hydrogen-bond donors (Lipinski definition) is 1. The van der Waals surface area contributed by atoms with Crippen LogP contribution in [0.15, 0.2) is 48.5 Å². The number of aliphatic carboxylic acids is 1. The molecule has 2 fully saturated rings. The molecular weight excluding hydrogens is 354 g/mol. The first-order valence-electron chi connectivity index (χ1n) is 10.0. The molecule has 1 N–H and O–H groups in total. The molecule has 0 bridgehead atoms. The average Bonchev–Trinajstić information content (AvgIpc) is 3.37. The van der Waals surface area contributed by atoms with Crippen molar-refractivity contribution in [1.29, 1.82) is 0 Å². The molecular formula is C23H23NO4. The fraction of sp³-hybridized carbons (Fsp3) is 0.391. The molecule has 144 valence electrons. The van der Waals surface area contributed by atoms with Crippen molar-refractivity contribution in [1.82, 2.24) is 4.90 Å². The van der Waals surface area contributed by atoms with Crippen LogP contribution in [0.1, 0.15) is 42.7 Å². The molecule has 2 aromatic carbocycles. The lowest BCUT2D eigenvalue weighted by Gasteiger charge is -2.27. The van der Waals surface area contributed by atoms with Crippen LogP contribution < -0.4 is 0 Å². The Hall–Kier alpha value is -2.82. The lowest BCUT2D eigenvalue weighted by molar-refractivity contribution is -0.142. The van der Waals surface area contributed by atoms with Gasteiger partial charge in [0.15, 0.2) is 0 Å². The van der Waals surface area contributed by atoms with Crippen LogP contribution in [0.5, 0.6) is 0 Å². The van der Waals surface area contributed by atoms with E-state index >= 15 is 0 Å². The van der Waals surface area contributed by atoms with E-state index in [0.717, 1.165) is 30.4 Å². The van der Waals surface area contributed by atoms with Crippen molar-refractivity contribution in [3.63, 3.8) is 0 Å². The monoisotopic (exact) mass is 377 g/mol. The summed E-state index contributed by atoms with van der Waals surface area (Å²) in [5.41, 5.74) is 4.68. The second kappa shape index (κ2) is 6.66. The first-order valence-corrected chi connectivity index (χ1v) is 10.0. The molecule has 5 rings (SSSR count). The van der Waals surface area contributed by atoms with Gasteiger partial charge in [-0.25, -0.2) is 9.59 Å². The number of benzene rings is 2. The van der Waals surface area contributed by atoms with Gasteiger partial charge in [-0.3, -0.25) is 4.90 Å². The van der Waals surface area contributed by atoms with E-state index in [9.17, 15) is 14.7 Å². The number of rotatable bonds is 3. The van der Waals surface area contributed by atoms with Gasteiger partial charge >= 0.3 is 12.1 Å². The molecule has 3 aliphatic rings. The smallest absolute Gasteiger partial charge is 0.410 e. The van der Waals surface area contributed by atoms with Gasteiger partial charge in [-0.05, 0) is 47.4 Å². The Morgan fingerprint density at radius 2 is 1.64 bits per heavy atom. The molecule has 1 amide bonds. The zero-order valence-electron chi connectivity index (χ0n) is 15.6. The second-order valence-corrected chi connectivity index (χ2v) is 8.06.